The molecule has 1 N–H and O–H groups in total. The number of rotatable bonds is 3. The number of aromatic nitrogens is 2. The van der Waals surface area contributed by atoms with Crippen LogP contribution in [0.15, 0.2) is 24.3 Å². The molecule has 0 spiro atoms. The summed E-state index contributed by atoms with van der Waals surface area (Å²) in [6, 6.07) is 6.24. The zero-order valence-electron chi connectivity index (χ0n) is 8.70. The van der Waals surface area contributed by atoms with Gasteiger partial charge < -0.3 is 4.98 Å². The van der Waals surface area contributed by atoms with E-state index in [0.29, 0.717) is 0 Å². The van der Waals surface area contributed by atoms with Gasteiger partial charge in [-0.15, -0.1) is 0 Å². The van der Waals surface area contributed by atoms with Gasteiger partial charge in [-0.05, 0) is 36.8 Å². The molecule has 1 heterocycles. The number of hydrogen-bond donors (Lipinski definition) is 2. The third kappa shape index (κ3) is 2.42. The number of benzene rings is 1. The monoisotopic (exact) mass is 218 g/mol. The first kappa shape index (κ1) is 10.3. The van der Waals surface area contributed by atoms with Crippen LogP contribution in [-0.4, -0.2) is 15.7 Å². The van der Waals surface area contributed by atoms with Crippen molar-refractivity contribution in [2.75, 3.05) is 5.75 Å². The van der Waals surface area contributed by atoms with Gasteiger partial charge in [0, 0.05) is 0 Å². The molecule has 2 rings (SSSR count). The smallest absolute Gasteiger partial charge is 0.104 e. The van der Waals surface area contributed by atoms with Gasteiger partial charge in [-0.2, -0.15) is 12.6 Å². The molecule has 0 saturated heterocycles. The van der Waals surface area contributed by atoms with Crippen LogP contribution in [0.5, 0.6) is 0 Å². The van der Waals surface area contributed by atoms with Gasteiger partial charge in [0.15, 0.2) is 0 Å². The van der Waals surface area contributed by atoms with Gasteiger partial charge in [0.1, 0.15) is 5.82 Å². The minimum Gasteiger partial charge on any atom is -0.342 e. The fraction of sp³-hybridized carbons (Fsp3) is 0.250. The quantitative estimate of drug-likeness (QED) is 0.761. The Morgan fingerprint density at radius 2 is 2.33 bits per heavy atom. The molecule has 1 aromatic heterocycles. The van der Waals surface area contributed by atoms with Crippen LogP contribution in [0, 0.1) is 6.92 Å². The molecule has 0 aliphatic heterocycles. The lowest BCUT2D eigenvalue weighted by Crippen LogP contribution is -1.74. The van der Waals surface area contributed by atoms with Crippen molar-refractivity contribution < 1.29 is 0 Å². The van der Waals surface area contributed by atoms with Gasteiger partial charge >= 0.3 is 0 Å². The Labute approximate surface area is 94.8 Å². The van der Waals surface area contributed by atoms with Gasteiger partial charge in [-0.3, -0.25) is 0 Å². The van der Waals surface area contributed by atoms with E-state index in [9.17, 15) is 0 Å². The van der Waals surface area contributed by atoms with Crippen molar-refractivity contribution in [1.82, 2.24) is 9.97 Å². The molecular formula is C12H14N2S. The van der Waals surface area contributed by atoms with E-state index in [1.165, 1.54) is 5.56 Å². The molecule has 1 aromatic carbocycles. The number of aromatic amines is 1. The van der Waals surface area contributed by atoms with Crippen molar-refractivity contribution in [1.29, 1.82) is 0 Å². The maximum atomic E-state index is 4.36. The summed E-state index contributed by atoms with van der Waals surface area (Å²) in [6.45, 7) is 1.97. The lowest BCUT2D eigenvalue weighted by atomic mass is 10.2. The molecule has 2 nitrogen and oxygen atoms in total. The Morgan fingerprint density at radius 3 is 3.13 bits per heavy atom. The fourth-order valence-corrected chi connectivity index (χ4v) is 1.70. The highest BCUT2D eigenvalue weighted by atomic mass is 32.1. The average Bonchev–Trinajstić information content (AvgIpc) is 2.57. The van der Waals surface area contributed by atoms with Crippen molar-refractivity contribution >= 4 is 29.7 Å². The number of allylic oxidation sites excluding steroid dienone is 1. The number of H-pyrrole nitrogens is 1. The van der Waals surface area contributed by atoms with Gasteiger partial charge in [0.05, 0.1) is 11.0 Å². The molecular weight excluding hydrogens is 204 g/mol. The predicted octanol–water partition coefficient (Wildman–Crippen LogP) is 3.20. The summed E-state index contributed by atoms with van der Waals surface area (Å²) in [5, 5.41) is 0. The number of nitrogens with one attached hydrogen (secondary N) is 1. The van der Waals surface area contributed by atoms with Crippen LogP contribution in [0.2, 0.25) is 0 Å². The first-order valence-electron chi connectivity index (χ1n) is 5.03. The number of fused-ring (bicyclic) bond motifs is 1. The Kier molecular flexibility index (Phi) is 3.11. The molecule has 0 atom stereocenters. The fourth-order valence-electron chi connectivity index (χ4n) is 1.55. The van der Waals surface area contributed by atoms with Crippen LogP contribution < -0.4 is 0 Å². The van der Waals surface area contributed by atoms with E-state index in [4.69, 9.17) is 0 Å². The van der Waals surface area contributed by atoms with Gasteiger partial charge in [-0.1, -0.05) is 18.2 Å². The first-order valence-corrected chi connectivity index (χ1v) is 5.66. The second-order valence-corrected chi connectivity index (χ2v) is 3.96. The third-order valence-corrected chi connectivity index (χ3v) is 2.49. The average molecular weight is 218 g/mol. The van der Waals surface area contributed by atoms with Gasteiger partial charge in [-0.25, -0.2) is 4.98 Å². The van der Waals surface area contributed by atoms with E-state index in [1.54, 1.807) is 0 Å². The van der Waals surface area contributed by atoms with Crippen molar-refractivity contribution in [2.45, 2.75) is 13.3 Å². The molecule has 78 valence electrons. The summed E-state index contributed by atoms with van der Waals surface area (Å²) < 4.78 is 0. The van der Waals surface area contributed by atoms with Crippen molar-refractivity contribution in [2.24, 2.45) is 0 Å². The van der Waals surface area contributed by atoms with Crippen molar-refractivity contribution in [3.8, 4) is 0 Å². The van der Waals surface area contributed by atoms with E-state index >= 15 is 0 Å². The highest BCUT2D eigenvalue weighted by Gasteiger charge is 1.98. The molecule has 0 amide bonds. The second kappa shape index (κ2) is 4.53. The maximum absolute atomic E-state index is 4.36. The number of thiol groups is 1. The Morgan fingerprint density at radius 1 is 1.47 bits per heavy atom. The largest absolute Gasteiger partial charge is 0.342 e. The molecule has 0 aliphatic carbocycles. The number of nitrogens with zero attached hydrogens (tertiary/aromatic N) is 1. The molecule has 2 aromatic rings. The van der Waals surface area contributed by atoms with E-state index < -0.39 is 0 Å². The lowest BCUT2D eigenvalue weighted by Gasteiger charge is -1.93. The predicted molar refractivity (Wildman–Crippen MR) is 68.3 cm³/mol. The van der Waals surface area contributed by atoms with E-state index in [0.717, 1.165) is 29.0 Å². The Bertz CT molecular complexity index is 485. The summed E-state index contributed by atoms with van der Waals surface area (Å²) >= 11 is 4.16. The highest BCUT2D eigenvalue weighted by Crippen LogP contribution is 2.14. The van der Waals surface area contributed by atoms with Crippen LogP contribution in [0.4, 0.5) is 0 Å². The minimum absolute atomic E-state index is 0.891. The first-order chi connectivity index (χ1) is 7.29. The van der Waals surface area contributed by atoms with Crippen LogP contribution in [0.1, 0.15) is 17.8 Å². The van der Waals surface area contributed by atoms with Crippen LogP contribution in [0.25, 0.3) is 17.1 Å². The topological polar surface area (TPSA) is 28.7 Å². The summed E-state index contributed by atoms with van der Waals surface area (Å²) in [7, 11) is 0. The molecule has 0 aliphatic rings. The normalized spacial score (nSPS) is 11.6. The SMILES string of the molecule is Cc1nc2ccc(C=CCCS)cc2[nH]1. The third-order valence-electron chi connectivity index (χ3n) is 2.23. The zero-order valence-corrected chi connectivity index (χ0v) is 9.59. The summed E-state index contributed by atoms with van der Waals surface area (Å²) in [5.74, 6) is 1.85. The molecule has 0 unspecified atom stereocenters. The van der Waals surface area contributed by atoms with Crippen molar-refractivity contribution in [3.63, 3.8) is 0 Å². The minimum atomic E-state index is 0.891. The number of hydrogen-bond acceptors (Lipinski definition) is 2. The second-order valence-electron chi connectivity index (χ2n) is 3.51. The van der Waals surface area contributed by atoms with E-state index in [2.05, 4.69) is 46.9 Å². The summed E-state index contributed by atoms with van der Waals surface area (Å²) in [5.41, 5.74) is 3.33. The molecule has 15 heavy (non-hydrogen) atoms. The van der Waals surface area contributed by atoms with Crippen molar-refractivity contribution in [3.05, 3.63) is 35.7 Å². The summed E-state index contributed by atoms with van der Waals surface area (Å²) in [6.07, 6.45) is 5.26. The number of aryl methyl sites for hydroxylation is 1. The zero-order chi connectivity index (χ0) is 10.7. The van der Waals surface area contributed by atoms with Crippen LogP contribution >= 0.6 is 12.6 Å². The van der Waals surface area contributed by atoms with Crippen LogP contribution in [-0.2, 0) is 0 Å². The maximum Gasteiger partial charge on any atom is 0.104 e. The Hall–Kier alpha value is -1.22. The molecule has 0 radical (unpaired) electrons. The molecule has 0 saturated carbocycles. The summed E-state index contributed by atoms with van der Waals surface area (Å²) in [4.78, 5) is 7.59. The molecule has 0 fully saturated rings. The van der Waals surface area contributed by atoms with Crippen LogP contribution in [0.3, 0.4) is 0 Å². The standard InChI is InChI=1S/C12H14N2S/c1-9-13-11-6-5-10(4-2-3-7-15)8-12(11)14-9/h2,4-6,8,15H,3,7H2,1H3,(H,13,14). The van der Waals surface area contributed by atoms with Gasteiger partial charge in [0.25, 0.3) is 0 Å². The Balaban J connectivity index is 2.30. The van der Waals surface area contributed by atoms with Gasteiger partial charge in [0.2, 0.25) is 0 Å². The van der Waals surface area contributed by atoms with E-state index in [-0.39, 0.29) is 0 Å². The lowest BCUT2D eigenvalue weighted by molar-refractivity contribution is 1.17. The highest BCUT2D eigenvalue weighted by molar-refractivity contribution is 7.80. The number of imidazole rings is 1. The molecule has 3 heteroatoms. The molecule has 0 bridgehead atoms. The van der Waals surface area contributed by atoms with E-state index in [1.807, 2.05) is 13.0 Å².